The summed E-state index contributed by atoms with van der Waals surface area (Å²) in [6, 6.07) is 0. The molecule has 8 heteroatoms. The molecule has 1 fully saturated rings. The molecule has 28 heavy (non-hydrogen) atoms. The van der Waals surface area contributed by atoms with Crippen LogP contribution in [0.25, 0.3) is 0 Å². The average molecular weight is 401 g/mol. The summed E-state index contributed by atoms with van der Waals surface area (Å²) in [6.45, 7) is 18.5. The second kappa shape index (κ2) is 11.5. The van der Waals surface area contributed by atoms with Crippen LogP contribution in [0.5, 0.6) is 0 Å². The maximum Gasteiger partial charge on any atom is 0.407 e. The van der Waals surface area contributed by atoms with Gasteiger partial charge >= 0.3 is 12.2 Å². The Morgan fingerprint density at radius 2 is 1.04 bits per heavy atom. The zero-order valence-corrected chi connectivity index (χ0v) is 18.6. The van der Waals surface area contributed by atoms with Gasteiger partial charge in [-0.1, -0.05) is 0 Å². The maximum atomic E-state index is 11.6. The molecule has 0 unspecified atom stereocenters. The fourth-order valence-corrected chi connectivity index (χ4v) is 2.85. The third-order valence-electron chi connectivity index (χ3n) is 4.10. The molecule has 1 aliphatic heterocycles. The Morgan fingerprint density at radius 1 is 0.714 bits per heavy atom. The van der Waals surface area contributed by atoms with Gasteiger partial charge in [0, 0.05) is 39.3 Å². The van der Waals surface area contributed by atoms with Crippen molar-refractivity contribution in [2.75, 3.05) is 52.4 Å². The molecule has 0 radical (unpaired) electrons. The van der Waals surface area contributed by atoms with Crippen molar-refractivity contribution in [3.05, 3.63) is 0 Å². The predicted octanol–water partition coefficient (Wildman–Crippen LogP) is 2.43. The van der Waals surface area contributed by atoms with Crippen LogP contribution in [0.1, 0.15) is 54.4 Å². The van der Waals surface area contributed by atoms with Crippen molar-refractivity contribution in [2.45, 2.75) is 65.6 Å². The first-order valence-electron chi connectivity index (χ1n) is 10.3. The molecule has 0 aromatic carbocycles. The minimum atomic E-state index is -0.456. The number of carbonyl (C=O) groups is 2. The van der Waals surface area contributed by atoms with E-state index >= 15 is 0 Å². The molecule has 1 aliphatic rings. The summed E-state index contributed by atoms with van der Waals surface area (Å²) < 4.78 is 10.4. The fourth-order valence-electron chi connectivity index (χ4n) is 2.85. The van der Waals surface area contributed by atoms with E-state index in [-0.39, 0.29) is 12.2 Å². The molecule has 2 amide bonds. The van der Waals surface area contributed by atoms with Crippen LogP contribution >= 0.6 is 0 Å². The summed E-state index contributed by atoms with van der Waals surface area (Å²) in [7, 11) is 0. The normalized spacial score (nSPS) is 16.5. The van der Waals surface area contributed by atoms with Crippen LogP contribution in [0, 0.1) is 0 Å². The van der Waals surface area contributed by atoms with Crippen LogP contribution < -0.4 is 10.6 Å². The van der Waals surface area contributed by atoms with Crippen molar-refractivity contribution in [3.8, 4) is 0 Å². The summed E-state index contributed by atoms with van der Waals surface area (Å²) >= 11 is 0. The SMILES string of the molecule is CC(C)(C)OC(=O)NCCCN1CCN(CCCNC(=O)OC(C)(C)C)CC1. The van der Waals surface area contributed by atoms with E-state index in [1.54, 1.807) is 0 Å². The Morgan fingerprint density at radius 3 is 1.32 bits per heavy atom. The van der Waals surface area contributed by atoms with Gasteiger partial charge in [-0.3, -0.25) is 0 Å². The lowest BCUT2D eigenvalue weighted by Crippen LogP contribution is -2.47. The van der Waals surface area contributed by atoms with Crippen LogP contribution in [-0.2, 0) is 9.47 Å². The molecule has 1 saturated heterocycles. The van der Waals surface area contributed by atoms with Gasteiger partial charge < -0.3 is 29.9 Å². The quantitative estimate of drug-likeness (QED) is 0.609. The van der Waals surface area contributed by atoms with E-state index < -0.39 is 11.2 Å². The van der Waals surface area contributed by atoms with Gasteiger partial charge in [-0.2, -0.15) is 0 Å². The van der Waals surface area contributed by atoms with Crippen molar-refractivity contribution in [1.82, 2.24) is 20.4 Å². The van der Waals surface area contributed by atoms with Crippen molar-refractivity contribution >= 4 is 12.2 Å². The van der Waals surface area contributed by atoms with Crippen LogP contribution in [-0.4, -0.2) is 85.5 Å². The van der Waals surface area contributed by atoms with Crippen molar-refractivity contribution < 1.29 is 19.1 Å². The molecule has 2 N–H and O–H groups in total. The smallest absolute Gasteiger partial charge is 0.407 e. The van der Waals surface area contributed by atoms with Crippen LogP contribution in [0.3, 0.4) is 0 Å². The lowest BCUT2D eigenvalue weighted by molar-refractivity contribution is 0.0509. The number of nitrogens with zero attached hydrogens (tertiary/aromatic N) is 2. The number of amides is 2. The number of piperazine rings is 1. The van der Waals surface area contributed by atoms with Crippen LogP contribution in [0.15, 0.2) is 0 Å². The summed E-state index contributed by atoms with van der Waals surface area (Å²) in [6.07, 6.45) is 1.13. The summed E-state index contributed by atoms with van der Waals surface area (Å²) in [5.74, 6) is 0. The minimum Gasteiger partial charge on any atom is -0.444 e. The Kier molecular flexibility index (Phi) is 10.0. The Labute approximate surface area is 170 Å². The van der Waals surface area contributed by atoms with Gasteiger partial charge in [0.05, 0.1) is 0 Å². The second-order valence-electron chi connectivity index (χ2n) is 9.25. The third kappa shape index (κ3) is 12.8. The standard InChI is InChI=1S/C20H40N4O4/c1-19(2,3)27-17(25)21-9-7-11-23-13-15-24(16-14-23)12-8-10-22-18(26)28-20(4,5)6/h7-16H2,1-6H3,(H,21,25)(H,22,26). The molecule has 0 saturated carbocycles. The maximum absolute atomic E-state index is 11.6. The molecule has 1 rings (SSSR count). The summed E-state index contributed by atoms with van der Waals surface area (Å²) in [4.78, 5) is 28.0. The zero-order valence-electron chi connectivity index (χ0n) is 18.6. The summed E-state index contributed by atoms with van der Waals surface area (Å²) in [5.41, 5.74) is -0.911. The van der Waals surface area contributed by atoms with Gasteiger partial charge in [-0.15, -0.1) is 0 Å². The molecular formula is C20H40N4O4. The lowest BCUT2D eigenvalue weighted by atomic mass is 10.2. The van der Waals surface area contributed by atoms with Crippen molar-refractivity contribution in [1.29, 1.82) is 0 Å². The van der Waals surface area contributed by atoms with Gasteiger partial charge in [0.1, 0.15) is 11.2 Å². The molecule has 0 aliphatic carbocycles. The molecule has 0 aromatic heterocycles. The fraction of sp³-hybridized carbons (Fsp3) is 0.900. The summed E-state index contributed by atoms with van der Waals surface area (Å²) in [5, 5.41) is 5.60. The highest BCUT2D eigenvalue weighted by atomic mass is 16.6. The lowest BCUT2D eigenvalue weighted by Gasteiger charge is -2.34. The van der Waals surface area contributed by atoms with Crippen molar-refractivity contribution in [2.24, 2.45) is 0 Å². The number of nitrogens with one attached hydrogen (secondary N) is 2. The number of carbonyl (C=O) groups excluding carboxylic acids is 2. The molecule has 0 atom stereocenters. The largest absolute Gasteiger partial charge is 0.444 e. The van der Waals surface area contributed by atoms with Gasteiger partial charge in [-0.25, -0.2) is 9.59 Å². The molecule has 0 bridgehead atoms. The van der Waals surface area contributed by atoms with E-state index in [0.717, 1.165) is 52.1 Å². The number of hydrogen-bond acceptors (Lipinski definition) is 6. The topological polar surface area (TPSA) is 83.1 Å². The van der Waals surface area contributed by atoms with E-state index in [2.05, 4.69) is 20.4 Å². The zero-order chi connectivity index (χ0) is 21.2. The van der Waals surface area contributed by atoms with Crippen molar-refractivity contribution in [3.63, 3.8) is 0 Å². The molecular weight excluding hydrogens is 360 g/mol. The highest BCUT2D eigenvalue weighted by molar-refractivity contribution is 5.67. The first-order valence-corrected chi connectivity index (χ1v) is 10.3. The number of ether oxygens (including phenoxy) is 2. The van der Waals surface area contributed by atoms with E-state index in [4.69, 9.17) is 9.47 Å². The van der Waals surface area contributed by atoms with Crippen LogP contribution in [0.4, 0.5) is 9.59 Å². The van der Waals surface area contributed by atoms with Gasteiger partial charge in [0.15, 0.2) is 0 Å². The third-order valence-corrected chi connectivity index (χ3v) is 4.10. The highest BCUT2D eigenvalue weighted by Gasteiger charge is 2.18. The number of rotatable bonds is 8. The predicted molar refractivity (Wildman–Crippen MR) is 111 cm³/mol. The van der Waals surface area contributed by atoms with Gasteiger partial charge in [-0.05, 0) is 67.5 Å². The minimum absolute atomic E-state index is 0.350. The van der Waals surface area contributed by atoms with Gasteiger partial charge in [0.2, 0.25) is 0 Å². The highest BCUT2D eigenvalue weighted by Crippen LogP contribution is 2.07. The first kappa shape index (κ1) is 24.5. The molecule has 1 heterocycles. The Bertz CT molecular complexity index is 434. The number of hydrogen-bond donors (Lipinski definition) is 2. The second-order valence-corrected chi connectivity index (χ2v) is 9.25. The monoisotopic (exact) mass is 400 g/mol. The van der Waals surface area contributed by atoms with E-state index in [1.807, 2.05) is 41.5 Å². The Balaban J connectivity index is 2.03. The first-order chi connectivity index (χ1) is 12.9. The molecule has 164 valence electrons. The molecule has 0 spiro atoms. The molecule has 8 nitrogen and oxygen atoms in total. The Hall–Kier alpha value is -1.54. The van der Waals surface area contributed by atoms with E-state index in [1.165, 1.54) is 0 Å². The molecule has 0 aromatic rings. The van der Waals surface area contributed by atoms with Gasteiger partial charge in [0.25, 0.3) is 0 Å². The van der Waals surface area contributed by atoms with E-state index in [9.17, 15) is 9.59 Å². The van der Waals surface area contributed by atoms with E-state index in [0.29, 0.717) is 13.1 Å². The number of alkyl carbamates (subject to hydrolysis) is 2. The van der Waals surface area contributed by atoms with Crippen LogP contribution in [0.2, 0.25) is 0 Å². The average Bonchev–Trinajstić information content (AvgIpc) is 2.53.